The van der Waals surface area contributed by atoms with Gasteiger partial charge in [0.25, 0.3) is 0 Å². The van der Waals surface area contributed by atoms with Crippen molar-refractivity contribution in [1.29, 1.82) is 0 Å². The second-order valence-corrected chi connectivity index (χ2v) is 4.05. The van der Waals surface area contributed by atoms with Crippen molar-refractivity contribution in [2.75, 3.05) is 26.3 Å². The molecule has 80 valence electrons. The first-order valence-corrected chi connectivity index (χ1v) is 5.24. The van der Waals surface area contributed by atoms with Crippen molar-refractivity contribution in [2.24, 2.45) is 0 Å². The Kier molecular flexibility index (Phi) is 3.03. The van der Waals surface area contributed by atoms with Gasteiger partial charge in [0, 0.05) is 19.5 Å². The van der Waals surface area contributed by atoms with Crippen LogP contribution in [-0.4, -0.2) is 49.3 Å². The second kappa shape index (κ2) is 4.28. The summed E-state index contributed by atoms with van der Waals surface area (Å²) in [6.07, 6.45) is 2.60. The summed E-state index contributed by atoms with van der Waals surface area (Å²) in [6.45, 7) is 4.72. The van der Waals surface area contributed by atoms with Gasteiger partial charge in [-0.05, 0) is 19.4 Å². The molecule has 2 fully saturated rings. The molecule has 0 aromatic carbocycles. The minimum Gasteiger partial charge on any atom is -0.463 e. The van der Waals surface area contributed by atoms with Gasteiger partial charge in [-0.2, -0.15) is 0 Å². The summed E-state index contributed by atoms with van der Waals surface area (Å²) in [5, 5.41) is 0. The van der Waals surface area contributed by atoms with Crippen molar-refractivity contribution >= 4 is 5.97 Å². The first-order valence-electron chi connectivity index (χ1n) is 5.24. The van der Waals surface area contributed by atoms with Crippen LogP contribution >= 0.6 is 0 Å². The van der Waals surface area contributed by atoms with E-state index in [4.69, 9.17) is 9.47 Å². The molecule has 2 rings (SSSR count). The van der Waals surface area contributed by atoms with Crippen molar-refractivity contribution < 1.29 is 14.3 Å². The van der Waals surface area contributed by atoms with E-state index < -0.39 is 0 Å². The number of hydrogen-bond acceptors (Lipinski definition) is 4. The number of fused-ring (bicyclic) bond motifs is 1. The van der Waals surface area contributed by atoms with Gasteiger partial charge in [-0.3, -0.25) is 9.69 Å². The van der Waals surface area contributed by atoms with E-state index in [0.29, 0.717) is 12.6 Å². The lowest BCUT2D eigenvalue weighted by molar-refractivity contribution is -0.149. The number of carbonyl (C=O) groups is 1. The molecule has 0 N–H and O–H groups in total. The summed E-state index contributed by atoms with van der Waals surface area (Å²) in [5.74, 6) is -0.225. The number of morpholine rings is 1. The maximum atomic E-state index is 10.6. The van der Waals surface area contributed by atoms with Crippen molar-refractivity contribution in [3.8, 4) is 0 Å². The van der Waals surface area contributed by atoms with Crippen molar-refractivity contribution in [3.63, 3.8) is 0 Å². The Bertz CT molecular complexity index is 219. The summed E-state index contributed by atoms with van der Waals surface area (Å²) in [5.41, 5.74) is 0. The summed E-state index contributed by atoms with van der Waals surface area (Å²) >= 11 is 0. The third-order valence-electron chi connectivity index (χ3n) is 2.93. The normalized spacial score (nSPS) is 32.6. The molecule has 0 aromatic heterocycles. The molecule has 4 heteroatoms. The van der Waals surface area contributed by atoms with E-state index in [1.165, 1.54) is 26.3 Å². The third-order valence-corrected chi connectivity index (χ3v) is 2.93. The zero-order valence-electron chi connectivity index (χ0n) is 8.57. The van der Waals surface area contributed by atoms with Gasteiger partial charge in [0.05, 0.1) is 6.61 Å². The Hall–Kier alpha value is -0.610. The minimum absolute atomic E-state index is 0.0771. The Labute approximate surface area is 84.2 Å². The number of esters is 1. The van der Waals surface area contributed by atoms with Crippen LogP contribution in [0, 0.1) is 0 Å². The van der Waals surface area contributed by atoms with E-state index in [1.54, 1.807) is 0 Å². The largest absolute Gasteiger partial charge is 0.463 e. The van der Waals surface area contributed by atoms with Gasteiger partial charge < -0.3 is 9.47 Å². The van der Waals surface area contributed by atoms with Crippen molar-refractivity contribution in [2.45, 2.75) is 31.9 Å². The molecule has 0 amide bonds. The summed E-state index contributed by atoms with van der Waals surface area (Å²) in [4.78, 5) is 13.1. The molecule has 0 aliphatic carbocycles. The maximum Gasteiger partial charge on any atom is 0.302 e. The van der Waals surface area contributed by atoms with Gasteiger partial charge >= 0.3 is 5.97 Å². The van der Waals surface area contributed by atoms with Crippen LogP contribution in [0.1, 0.15) is 19.8 Å². The van der Waals surface area contributed by atoms with Crippen LogP contribution in [0.15, 0.2) is 0 Å². The molecule has 0 radical (unpaired) electrons. The molecule has 4 nitrogen and oxygen atoms in total. The zero-order valence-corrected chi connectivity index (χ0v) is 8.57. The lowest BCUT2D eigenvalue weighted by Gasteiger charge is -2.34. The van der Waals surface area contributed by atoms with Crippen molar-refractivity contribution in [3.05, 3.63) is 0 Å². The molecular weight excluding hydrogens is 182 g/mol. The molecule has 2 atom stereocenters. The fourth-order valence-corrected chi connectivity index (χ4v) is 2.20. The predicted octanol–water partition coefficient (Wildman–Crippen LogP) is 0.413. The van der Waals surface area contributed by atoms with Gasteiger partial charge in [0.15, 0.2) is 0 Å². The van der Waals surface area contributed by atoms with Crippen LogP contribution in [0.4, 0.5) is 0 Å². The van der Waals surface area contributed by atoms with E-state index in [2.05, 4.69) is 4.90 Å². The Morgan fingerprint density at radius 2 is 2.50 bits per heavy atom. The highest BCUT2D eigenvalue weighted by Gasteiger charge is 2.32. The average molecular weight is 199 g/mol. The van der Waals surface area contributed by atoms with Crippen LogP contribution < -0.4 is 0 Å². The van der Waals surface area contributed by atoms with Crippen LogP contribution in [0.25, 0.3) is 0 Å². The van der Waals surface area contributed by atoms with E-state index in [9.17, 15) is 4.79 Å². The van der Waals surface area contributed by atoms with Gasteiger partial charge in [-0.1, -0.05) is 0 Å². The molecule has 0 aromatic rings. The fraction of sp³-hybridized carbons (Fsp3) is 0.900. The van der Waals surface area contributed by atoms with Gasteiger partial charge in [-0.25, -0.2) is 0 Å². The van der Waals surface area contributed by atoms with Crippen LogP contribution in [-0.2, 0) is 14.3 Å². The van der Waals surface area contributed by atoms with E-state index in [1.807, 2.05) is 0 Å². The smallest absolute Gasteiger partial charge is 0.302 e. The topological polar surface area (TPSA) is 38.8 Å². The zero-order chi connectivity index (χ0) is 9.97. The fourth-order valence-electron chi connectivity index (χ4n) is 2.20. The molecule has 0 bridgehead atoms. The third kappa shape index (κ3) is 2.25. The molecule has 0 spiro atoms. The molecule has 2 saturated heterocycles. The summed E-state index contributed by atoms with van der Waals surface area (Å²) < 4.78 is 10.6. The number of carbonyl (C=O) groups excluding carboxylic acids is 1. The Morgan fingerprint density at radius 3 is 3.29 bits per heavy atom. The number of ether oxygens (including phenoxy) is 2. The predicted molar refractivity (Wildman–Crippen MR) is 51.0 cm³/mol. The number of nitrogens with zero attached hydrogens (tertiary/aromatic N) is 1. The Balaban J connectivity index is 1.77. The summed E-state index contributed by atoms with van der Waals surface area (Å²) in [7, 11) is 0. The van der Waals surface area contributed by atoms with Crippen LogP contribution in [0.3, 0.4) is 0 Å². The minimum atomic E-state index is -0.225. The van der Waals surface area contributed by atoms with E-state index in [0.717, 1.165) is 13.2 Å². The quantitative estimate of drug-likeness (QED) is 0.604. The molecule has 0 saturated carbocycles. The molecule has 2 aliphatic heterocycles. The second-order valence-electron chi connectivity index (χ2n) is 4.05. The number of hydrogen-bond donors (Lipinski definition) is 0. The molecule has 2 aliphatic rings. The highest BCUT2D eigenvalue weighted by molar-refractivity contribution is 5.65. The number of rotatable bonds is 2. The van der Waals surface area contributed by atoms with Gasteiger partial charge in [-0.15, -0.1) is 0 Å². The molecule has 14 heavy (non-hydrogen) atoms. The van der Waals surface area contributed by atoms with Gasteiger partial charge in [0.2, 0.25) is 0 Å². The SMILES string of the molecule is CC(=O)OC[C@@H]1CN2CCCC2CO1. The summed E-state index contributed by atoms with van der Waals surface area (Å²) in [6, 6.07) is 0.614. The highest BCUT2D eigenvalue weighted by Crippen LogP contribution is 2.22. The van der Waals surface area contributed by atoms with Crippen molar-refractivity contribution in [1.82, 2.24) is 4.90 Å². The monoisotopic (exact) mass is 199 g/mol. The first-order chi connectivity index (χ1) is 6.75. The maximum absolute atomic E-state index is 10.6. The van der Waals surface area contributed by atoms with E-state index >= 15 is 0 Å². The van der Waals surface area contributed by atoms with E-state index in [-0.39, 0.29) is 12.1 Å². The first kappa shape index (κ1) is 9.93. The molecule has 1 unspecified atom stereocenters. The lowest BCUT2D eigenvalue weighted by atomic mass is 10.2. The van der Waals surface area contributed by atoms with Crippen LogP contribution in [0.2, 0.25) is 0 Å². The highest BCUT2D eigenvalue weighted by atomic mass is 16.6. The van der Waals surface area contributed by atoms with Crippen LogP contribution in [0.5, 0.6) is 0 Å². The van der Waals surface area contributed by atoms with Gasteiger partial charge in [0.1, 0.15) is 12.7 Å². The molecule has 2 heterocycles. The average Bonchev–Trinajstić information content (AvgIpc) is 2.61. The lowest BCUT2D eigenvalue weighted by Crippen LogP contribution is -2.47. The Morgan fingerprint density at radius 1 is 1.64 bits per heavy atom. The molecular formula is C10H17NO3. The standard InChI is InChI=1S/C10H17NO3/c1-8(12)13-7-10-5-11-4-2-3-9(11)6-14-10/h9-10H,2-7H2,1H3/t9?,10-/m0/s1.